The van der Waals surface area contributed by atoms with Gasteiger partial charge in [-0.15, -0.1) is 11.3 Å². The number of rotatable bonds is 3. The second-order valence-corrected chi connectivity index (χ2v) is 6.73. The van der Waals surface area contributed by atoms with Crippen LogP contribution in [0.15, 0.2) is 12.1 Å². The van der Waals surface area contributed by atoms with Crippen molar-refractivity contribution in [1.82, 2.24) is 14.7 Å². The van der Waals surface area contributed by atoms with Crippen molar-refractivity contribution in [3.8, 4) is 0 Å². The number of hydrogen-bond donors (Lipinski definition) is 2. The van der Waals surface area contributed by atoms with E-state index in [4.69, 9.17) is 5.11 Å². The SMILES string of the molecule is Cc1sc(C(=O)O)cc1C(=O)N1CCCn2nc(CO)cc2C1. The number of carboxylic acids is 1. The third kappa shape index (κ3) is 2.99. The molecule has 0 bridgehead atoms. The van der Waals surface area contributed by atoms with Crippen molar-refractivity contribution in [2.24, 2.45) is 0 Å². The third-order valence-corrected chi connectivity index (χ3v) is 4.91. The molecule has 23 heavy (non-hydrogen) atoms. The third-order valence-electron chi connectivity index (χ3n) is 3.87. The summed E-state index contributed by atoms with van der Waals surface area (Å²) in [4.78, 5) is 26.4. The van der Waals surface area contributed by atoms with Gasteiger partial charge < -0.3 is 15.1 Å². The van der Waals surface area contributed by atoms with Crippen molar-refractivity contribution < 1.29 is 19.8 Å². The summed E-state index contributed by atoms with van der Waals surface area (Å²) in [7, 11) is 0. The highest BCUT2D eigenvalue weighted by molar-refractivity contribution is 7.14. The number of aromatic carboxylic acids is 1. The predicted octanol–water partition coefficient (Wildman–Crippen LogP) is 1.49. The molecule has 0 atom stereocenters. The number of aliphatic hydroxyl groups excluding tert-OH is 1. The Morgan fingerprint density at radius 3 is 2.78 bits per heavy atom. The van der Waals surface area contributed by atoms with Gasteiger partial charge in [0, 0.05) is 18.0 Å². The van der Waals surface area contributed by atoms with Gasteiger partial charge in [-0.3, -0.25) is 9.48 Å². The highest BCUT2D eigenvalue weighted by Gasteiger charge is 2.25. The van der Waals surface area contributed by atoms with Crippen molar-refractivity contribution in [3.63, 3.8) is 0 Å². The molecule has 1 amide bonds. The summed E-state index contributed by atoms with van der Waals surface area (Å²) in [5.41, 5.74) is 1.92. The summed E-state index contributed by atoms with van der Waals surface area (Å²) in [6.45, 7) is 3.33. The Morgan fingerprint density at radius 2 is 2.13 bits per heavy atom. The van der Waals surface area contributed by atoms with E-state index in [-0.39, 0.29) is 17.4 Å². The maximum absolute atomic E-state index is 12.8. The maximum Gasteiger partial charge on any atom is 0.345 e. The molecule has 0 radical (unpaired) electrons. The molecule has 1 aliphatic heterocycles. The summed E-state index contributed by atoms with van der Waals surface area (Å²) in [6.07, 6.45) is 0.764. The van der Waals surface area contributed by atoms with Gasteiger partial charge in [-0.1, -0.05) is 0 Å². The summed E-state index contributed by atoms with van der Waals surface area (Å²) in [5, 5.41) is 22.6. The van der Waals surface area contributed by atoms with E-state index >= 15 is 0 Å². The number of aromatic nitrogens is 2. The number of carbonyl (C=O) groups is 2. The lowest BCUT2D eigenvalue weighted by atomic mass is 10.2. The number of carboxylic acid groups (broad SMARTS) is 1. The van der Waals surface area contributed by atoms with Gasteiger partial charge in [-0.2, -0.15) is 5.10 Å². The average molecular weight is 335 g/mol. The van der Waals surface area contributed by atoms with Crippen LogP contribution in [-0.4, -0.2) is 43.3 Å². The van der Waals surface area contributed by atoms with Gasteiger partial charge in [-0.05, 0) is 25.5 Å². The lowest BCUT2D eigenvalue weighted by molar-refractivity contribution is 0.0702. The van der Waals surface area contributed by atoms with Gasteiger partial charge in [0.1, 0.15) is 4.88 Å². The van der Waals surface area contributed by atoms with Gasteiger partial charge in [0.2, 0.25) is 0 Å². The van der Waals surface area contributed by atoms with Crippen LogP contribution in [0.2, 0.25) is 0 Å². The van der Waals surface area contributed by atoms with Crippen molar-refractivity contribution in [2.75, 3.05) is 6.54 Å². The number of nitrogens with zero attached hydrogens (tertiary/aromatic N) is 3. The van der Waals surface area contributed by atoms with Gasteiger partial charge >= 0.3 is 5.97 Å². The second-order valence-electron chi connectivity index (χ2n) is 5.47. The first-order chi connectivity index (χ1) is 11.0. The summed E-state index contributed by atoms with van der Waals surface area (Å²) < 4.78 is 1.82. The first kappa shape index (κ1) is 15.7. The molecule has 0 unspecified atom stereocenters. The van der Waals surface area contributed by atoms with E-state index in [0.29, 0.717) is 35.8 Å². The van der Waals surface area contributed by atoms with Crippen LogP contribution in [0.1, 0.15) is 42.7 Å². The van der Waals surface area contributed by atoms with E-state index in [2.05, 4.69) is 5.10 Å². The molecular formula is C15H17N3O4S. The van der Waals surface area contributed by atoms with E-state index in [0.717, 1.165) is 23.5 Å². The van der Waals surface area contributed by atoms with Gasteiger partial charge in [0.25, 0.3) is 5.91 Å². The molecule has 0 saturated carbocycles. The van der Waals surface area contributed by atoms with Crippen LogP contribution in [0.25, 0.3) is 0 Å². The molecule has 0 saturated heterocycles. The zero-order chi connectivity index (χ0) is 16.6. The normalized spacial score (nSPS) is 14.4. The molecule has 8 heteroatoms. The van der Waals surface area contributed by atoms with E-state index in [1.165, 1.54) is 6.07 Å². The van der Waals surface area contributed by atoms with E-state index in [1.807, 2.05) is 4.68 Å². The lowest BCUT2D eigenvalue weighted by Gasteiger charge is -2.19. The summed E-state index contributed by atoms with van der Waals surface area (Å²) in [6, 6.07) is 3.25. The number of aryl methyl sites for hydroxylation is 2. The highest BCUT2D eigenvalue weighted by atomic mass is 32.1. The highest BCUT2D eigenvalue weighted by Crippen LogP contribution is 2.24. The van der Waals surface area contributed by atoms with Crippen molar-refractivity contribution >= 4 is 23.2 Å². The van der Waals surface area contributed by atoms with Crippen LogP contribution in [0.5, 0.6) is 0 Å². The molecule has 7 nitrogen and oxygen atoms in total. The molecule has 0 spiro atoms. The Labute approximate surface area is 136 Å². The zero-order valence-electron chi connectivity index (χ0n) is 12.7. The topological polar surface area (TPSA) is 95.7 Å². The molecule has 122 valence electrons. The fraction of sp³-hybridized carbons (Fsp3) is 0.400. The standard InChI is InChI=1S/C15H17N3O4S/c1-9-12(6-13(23-9)15(21)22)14(20)17-3-2-4-18-11(7-17)5-10(8-19)16-18/h5-6,19H,2-4,7-8H2,1H3,(H,21,22). The van der Waals surface area contributed by atoms with Gasteiger partial charge in [-0.25, -0.2) is 4.79 Å². The number of aliphatic hydroxyl groups is 1. The minimum absolute atomic E-state index is 0.125. The molecule has 0 aliphatic carbocycles. The van der Waals surface area contributed by atoms with E-state index < -0.39 is 5.97 Å². The lowest BCUT2D eigenvalue weighted by Crippen LogP contribution is -2.30. The number of hydrogen-bond acceptors (Lipinski definition) is 5. The molecule has 2 aromatic rings. The minimum Gasteiger partial charge on any atom is -0.477 e. The fourth-order valence-corrected chi connectivity index (χ4v) is 3.59. The molecule has 0 fully saturated rings. The van der Waals surface area contributed by atoms with E-state index in [9.17, 15) is 14.7 Å². The zero-order valence-corrected chi connectivity index (χ0v) is 13.5. The molecule has 2 N–H and O–H groups in total. The Balaban J connectivity index is 1.86. The molecule has 3 rings (SSSR count). The Hall–Kier alpha value is -2.19. The fourth-order valence-electron chi connectivity index (χ4n) is 2.74. The van der Waals surface area contributed by atoms with Crippen LogP contribution >= 0.6 is 11.3 Å². The number of fused-ring (bicyclic) bond motifs is 1. The van der Waals surface area contributed by atoms with Crippen LogP contribution in [0.3, 0.4) is 0 Å². The quantitative estimate of drug-likeness (QED) is 0.886. The smallest absolute Gasteiger partial charge is 0.345 e. The molecular weight excluding hydrogens is 318 g/mol. The van der Waals surface area contributed by atoms with Crippen molar-refractivity contribution in [1.29, 1.82) is 0 Å². The van der Waals surface area contributed by atoms with Crippen LogP contribution < -0.4 is 0 Å². The summed E-state index contributed by atoms with van der Waals surface area (Å²) >= 11 is 1.12. The molecule has 0 aromatic carbocycles. The molecule has 3 heterocycles. The van der Waals surface area contributed by atoms with E-state index in [1.54, 1.807) is 17.9 Å². The second kappa shape index (κ2) is 6.13. The molecule has 1 aliphatic rings. The number of amides is 1. The van der Waals surface area contributed by atoms with Crippen LogP contribution in [-0.2, 0) is 19.7 Å². The van der Waals surface area contributed by atoms with Gasteiger partial charge in [0.15, 0.2) is 0 Å². The average Bonchev–Trinajstić information content (AvgIpc) is 3.04. The Kier molecular flexibility index (Phi) is 4.18. The van der Waals surface area contributed by atoms with Crippen molar-refractivity contribution in [2.45, 2.75) is 33.0 Å². The summed E-state index contributed by atoms with van der Waals surface area (Å²) in [5.74, 6) is -1.18. The number of thiophene rings is 1. The van der Waals surface area contributed by atoms with Gasteiger partial charge in [0.05, 0.1) is 30.1 Å². The monoisotopic (exact) mass is 335 g/mol. The first-order valence-electron chi connectivity index (χ1n) is 7.29. The Morgan fingerprint density at radius 1 is 1.35 bits per heavy atom. The first-order valence-corrected chi connectivity index (χ1v) is 8.10. The van der Waals surface area contributed by atoms with Crippen LogP contribution in [0.4, 0.5) is 0 Å². The molecule has 2 aromatic heterocycles. The number of carbonyl (C=O) groups excluding carboxylic acids is 1. The van der Waals surface area contributed by atoms with Crippen molar-refractivity contribution in [3.05, 3.63) is 38.8 Å². The maximum atomic E-state index is 12.8. The minimum atomic E-state index is -1.02. The largest absolute Gasteiger partial charge is 0.477 e. The Bertz CT molecular complexity index is 765. The predicted molar refractivity (Wildman–Crippen MR) is 83.5 cm³/mol. The van der Waals surface area contributed by atoms with Crippen LogP contribution in [0, 0.1) is 6.92 Å².